The number of carbonyl (C=O) groups excluding carboxylic acids is 1. The monoisotopic (exact) mass is 286 g/mol. The summed E-state index contributed by atoms with van der Waals surface area (Å²) < 4.78 is 0. The summed E-state index contributed by atoms with van der Waals surface area (Å²) in [5.74, 6) is 0.232. The van der Waals surface area contributed by atoms with Crippen LogP contribution in [0.4, 0.5) is 11.4 Å². The van der Waals surface area contributed by atoms with E-state index in [1.165, 1.54) is 9.75 Å². The second kappa shape index (κ2) is 5.67. The summed E-state index contributed by atoms with van der Waals surface area (Å²) in [5, 5.41) is 3.43. The van der Waals surface area contributed by atoms with Gasteiger partial charge in [-0.2, -0.15) is 0 Å². The van der Waals surface area contributed by atoms with Crippen LogP contribution in [0.25, 0.3) is 0 Å². The summed E-state index contributed by atoms with van der Waals surface area (Å²) in [6.07, 6.45) is 1.64. The van der Waals surface area contributed by atoms with Gasteiger partial charge in [-0.1, -0.05) is 6.07 Å². The first kappa shape index (κ1) is 13.2. The maximum Gasteiger partial charge on any atom is 0.227 e. The lowest BCUT2D eigenvalue weighted by atomic mass is 10.2. The van der Waals surface area contributed by atoms with Gasteiger partial charge in [0.2, 0.25) is 5.91 Å². The fourth-order valence-corrected chi connectivity index (χ4v) is 3.30. The molecule has 2 heterocycles. The Morgan fingerprint density at radius 1 is 1.30 bits per heavy atom. The topological polar surface area (TPSA) is 32.3 Å². The lowest BCUT2D eigenvalue weighted by molar-refractivity contribution is -0.117. The number of aryl methyl sites for hydroxylation is 1. The summed E-state index contributed by atoms with van der Waals surface area (Å²) >= 11 is 1.81. The van der Waals surface area contributed by atoms with Crippen LogP contribution in [0.15, 0.2) is 36.4 Å². The lowest BCUT2D eigenvalue weighted by Crippen LogP contribution is -2.23. The van der Waals surface area contributed by atoms with Crippen LogP contribution in [0.5, 0.6) is 0 Å². The third-order valence-corrected chi connectivity index (χ3v) is 4.49. The molecule has 0 radical (unpaired) electrons. The van der Waals surface area contributed by atoms with E-state index in [1.807, 2.05) is 34.4 Å². The van der Waals surface area contributed by atoms with Gasteiger partial charge in [-0.3, -0.25) is 4.79 Å². The molecular weight excluding hydrogens is 268 g/mol. The van der Waals surface area contributed by atoms with E-state index in [0.717, 1.165) is 30.9 Å². The summed E-state index contributed by atoms with van der Waals surface area (Å²) in [4.78, 5) is 16.3. The summed E-state index contributed by atoms with van der Waals surface area (Å²) in [6, 6.07) is 12.4. The molecule has 1 aromatic carbocycles. The molecule has 0 bridgehead atoms. The molecule has 0 unspecified atom stereocenters. The quantitative estimate of drug-likeness (QED) is 0.927. The Morgan fingerprint density at radius 3 is 2.90 bits per heavy atom. The molecule has 1 N–H and O–H groups in total. The van der Waals surface area contributed by atoms with Crippen molar-refractivity contribution < 1.29 is 4.79 Å². The number of nitrogens with one attached hydrogen (secondary N) is 1. The van der Waals surface area contributed by atoms with Gasteiger partial charge < -0.3 is 10.2 Å². The summed E-state index contributed by atoms with van der Waals surface area (Å²) in [7, 11) is 0. The summed E-state index contributed by atoms with van der Waals surface area (Å²) in [5.41, 5.74) is 2.06. The molecule has 0 spiro atoms. The number of hydrogen-bond acceptors (Lipinski definition) is 3. The Kier molecular flexibility index (Phi) is 3.74. The van der Waals surface area contributed by atoms with E-state index in [2.05, 4.69) is 30.4 Å². The predicted octanol–water partition coefficient (Wildman–Crippen LogP) is 3.80. The van der Waals surface area contributed by atoms with Crippen LogP contribution >= 0.6 is 11.3 Å². The zero-order valence-electron chi connectivity index (χ0n) is 11.6. The molecule has 20 heavy (non-hydrogen) atoms. The van der Waals surface area contributed by atoms with Crippen molar-refractivity contribution in [2.45, 2.75) is 26.3 Å². The van der Waals surface area contributed by atoms with Crippen LogP contribution in [-0.4, -0.2) is 12.5 Å². The van der Waals surface area contributed by atoms with Gasteiger partial charge in [0, 0.05) is 40.6 Å². The molecule has 1 aliphatic rings. The third kappa shape index (κ3) is 2.85. The standard InChI is InChI=1S/C16H18N2OS/c1-12-7-8-15(20-12)11-17-13-4-2-5-14(10-13)18-9-3-6-16(18)19/h2,4-5,7-8,10,17H,3,6,9,11H2,1H3. The van der Waals surface area contributed by atoms with Crippen molar-refractivity contribution in [1.29, 1.82) is 0 Å². The highest BCUT2D eigenvalue weighted by Gasteiger charge is 2.21. The number of benzene rings is 1. The van der Waals surface area contributed by atoms with Gasteiger partial charge in [-0.05, 0) is 43.7 Å². The van der Waals surface area contributed by atoms with E-state index in [4.69, 9.17) is 0 Å². The van der Waals surface area contributed by atoms with Crippen LogP contribution in [0.1, 0.15) is 22.6 Å². The first-order valence-electron chi connectivity index (χ1n) is 6.92. The van der Waals surface area contributed by atoms with Gasteiger partial charge >= 0.3 is 0 Å². The van der Waals surface area contributed by atoms with Crippen LogP contribution in [0, 0.1) is 6.92 Å². The Labute approximate surface area is 123 Å². The van der Waals surface area contributed by atoms with Crippen molar-refractivity contribution in [3.63, 3.8) is 0 Å². The molecule has 1 amide bonds. The highest BCUT2D eigenvalue weighted by atomic mass is 32.1. The maximum absolute atomic E-state index is 11.8. The van der Waals surface area contributed by atoms with Gasteiger partial charge in [0.15, 0.2) is 0 Å². The summed E-state index contributed by atoms with van der Waals surface area (Å²) in [6.45, 7) is 3.79. The molecule has 1 fully saturated rings. The Morgan fingerprint density at radius 2 is 2.20 bits per heavy atom. The van der Waals surface area contributed by atoms with Gasteiger partial charge in [0.25, 0.3) is 0 Å². The van der Waals surface area contributed by atoms with Crippen molar-refractivity contribution in [2.24, 2.45) is 0 Å². The average Bonchev–Trinajstić information content (AvgIpc) is 3.05. The molecule has 1 saturated heterocycles. The van der Waals surface area contributed by atoms with Gasteiger partial charge in [-0.25, -0.2) is 0 Å². The molecule has 4 heteroatoms. The van der Waals surface area contributed by atoms with Crippen molar-refractivity contribution >= 4 is 28.6 Å². The largest absolute Gasteiger partial charge is 0.380 e. The van der Waals surface area contributed by atoms with Crippen molar-refractivity contribution in [1.82, 2.24) is 0 Å². The molecule has 1 aromatic heterocycles. The first-order chi connectivity index (χ1) is 9.72. The highest BCUT2D eigenvalue weighted by Crippen LogP contribution is 2.25. The Bertz CT molecular complexity index is 620. The molecule has 1 aliphatic heterocycles. The second-order valence-corrected chi connectivity index (χ2v) is 6.44. The SMILES string of the molecule is Cc1ccc(CNc2cccc(N3CCCC3=O)c2)s1. The molecule has 3 rings (SSSR count). The van der Waals surface area contributed by atoms with Gasteiger partial charge in [0.05, 0.1) is 0 Å². The first-order valence-corrected chi connectivity index (χ1v) is 7.74. The van der Waals surface area contributed by atoms with Gasteiger partial charge in [0.1, 0.15) is 0 Å². The van der Waals surface area contributed by atoms with Gasteiger partial charge in [-0.15, -0.1) is 11.3 Å². The normalized spacial score (nSPS) is 14.8. The maximum atomic E-state index is 11.8. The molecule has 3 nitrogen and oxygen atoms in total. The van der Waals surface area contributed by atoms with E-state index in [-0.39, 0.29) is 5.91 Å². The predicted molar refractivity (Wildman–Crippen MR) is 84.4 cm³/mol. The number of carbonyl (C=O) groups is 1. The van der Waals surface area contributed by atoms with E-state index in [0.29, 0.717) is 6.42 Å². The van der Waals surface area contributed by atoms with E-state index in [1.54, 1.807) is 0 Å². The number of anilines is 2. The lowest BCUT2D eigenvalue weighted by Gasteiger charge is -2.17. The van der Waals surface area contributed by atoms with Crippen molar-refractivity contribution in [3.8, 4) is 0 Å². The van der Waals surface area contributed by atoms with E-state index < -0.39 is 0 Å². The van der Waals surface area contributed by atoms with Crippen molar-refractivity contribution in [2.75, 3.05) is 16.8 Å². The Balaban J connectivity index is 1.69. The van der Waals surface area contributed by atoms with Crippen LogP contribution in [0.3, 0.4) is 0 Å². The van der Waals surface area contributed by atoms with Crippen LogP contribution in [-0.2, 0) is 11.3 Å². The molecular formula is C16H18N2OS. The van der Waals surface area contributed by atoms with Crippen molar-refractivity contribution in [3.05, 3.63) is 46.2 Å². The number of nitrogens with zero attached hydrogens (tertiary/aromatic N) is 1. The minimum absolute atomic E-state index is 0.232. The fourth-order valence-electron chi connectivity index (χ4n) is 2.47. The second-order valence-electron chi connectivity index (χ2n) is 5.07. The number of rotatable bonds is 4. The minimum Gasteiger partial charge on any atom is -0.380 e. The Hall–Kier alpha value is -1.81. The van der Waals surface area contributed by atoms with E-state index in [9.17, 15) is 4.79 Å². The van der Waals surface area contributed by atoms with E-state index >= 15 is 0 Å². The number of hydrogen-bond donors (Lipinski definition) is 1. The highest BCUT2D eigenvalue weighted by molar-refractivity contribution is 7.11. The fraction of sp³-hybridized carbons (Fsp3) is 0.312. The smallest absolute Gasteiger partial charge is 0.227 e. The molecule has 104 valence electrons. The number of amides is 1. The zero-order valence-corrected chi connectivity index (χ0v) is 12.4. The third-order valence-electron chi connectivity index (χ3n) is 3.49. The molecule has 0 saturated carbocycles. The zero-order chi connectivity index (χ0) is 13.9. The van der Waals surface area contributed by atoms with Crippen LogP contribution < -0.4 is 10.2 Å². The van der Waals surface area contributed by atoms with Crippen LogP contribution in [0.2, 0.25) is 0 Å². The number of thiophene rings is 1. The average molecular weight is 286 g/mol. The minimum atomic E-state index is 0.232. The molecule has 0 aliphatic carbocycles. The molecule has 2 aromatic rings. The molecule has 0 atom stereocenters.